The van der Waals surface area contributed by atoms with Crippen molar-refractivity contribution in [3.63, 3.8) is 0 Å². The van der Waals surface area contributed by atoms with Gasteiger partial charge in [0.2, 0.25) is 0 Å². The number of anilines is 1. The van der Waals surface area contributed by atoms with E-state index in [2.05, 4.69) is 21.8 Å². The fraction of sp³-hybridized carbons (Fsp3) is 0.778. The molecule has 0 bridgehead atoms. The van der Waals surface area contributed by atoms with Gasteiger partial charge < -0.3 is 25.5 Å². The summed E-state index contributed by atoms with van der Waals surface area (Å²) in [5.41, 5.74) is 6.47. The number of aryl methyl sites for hydroxylation is 1. The van der Waals surface area contributed by atoms with Crippen molar-refractivity contribution in [2.45, 2.75) is 19.8 Å². The summed E-state index contributed by atoms with van der Waals surface area (Å²) in [5.74, 6) is 0.562. The van der Waals surface area contributed by atoms with Crippen LogP contribution in [0.2, 0.25) is 0 Å². The first kappa shape index (κ1) is 19.5. The molecule has 2 fully saturated rings. The van der Waals surface area contributed by atoms with Crippen LogP contribution in [0.25, 0.3) is 0 Å². The lowest BCUT2D eigenvalue weighted by Crippen LogP contribution is -2.48. The Kier molecular flexibility index (Phi) is 6.50. The second kappa shape index (κ2) is 8.65. The molecule has 7 nitrogen and oxygen atoms in total. The van der Waals surface area contributed by atoms with E-state index in [4.69, 9.17) is 5.73 Å². The van der Waals surface area contributed by atoms with E-state index >= 15 is 0 Å². The molecule has 1 amide bonds. The van der Waals surface area contributed by atoms with E-state index < -0.39 is 0 Å². The average molecular weight is 382 g/mol. The molecule has 0 saturated carbocycles. The molecule has 0 aromatic carbocycles. The molecule has 1 aromatic rings. The largest absolute Gasteiger partial charge is 0.396 e. The van der Waals surface area contributed by atoms with Gasteiger partial charge in [0.1, 0.15) is 4.88 Å². The molecule has 0 unspecified atom stereocenters. The number of thiazole rings is 1. The maximum Gasteiger partial charge on any atom is 0.265 e. The van der Waals surface area contributed by atoms with Crippen molar-refractivity contribution in [2.75, 3.05) is 65.2 Å². The molecule has 2 aliphatic rings. The number of piperidine rings is 1. The van der Waals surface area contributed by atoms with E-state index in [1.165, 1.54) is 17.8 Å². The minimum Gasteiger partial charge on any atom is -0.396 e. The molecular formula is C18H31N5O2S. The maximum atomic E-state index is 13.0. The van der Waals surface area contributed by atoms with Gasteiger partial charge in [-0.1, -0.05) is 11.3 Å². The minimum atomic E-state index is 0.00968. The zero-order valence-corrected chi connectivity index (χ0v) is 16.7. The van der Waals surface area contributed by atoms with Crippen molar-refractivity contribution in [3.05, 3.63) is 10.6 Å². The predicted molar refractivity (Wildman–Crippen MR) is 104 cm³/mol. The third-order valence-electron chi connectivity index (χ3n) is 5.51. The van der Waals surface area contributed by atoms with Gasteiger partial charge in [-0.25, -0.2) is 4.98 Å². The van der Waals surface area contributed by atoms with Crippen molar-refractivity contribution in [1.82, 2.24) is 19.7 Å². The third kappa shape index (κ3) is 4.73. The van der Waals surface area contributed by atoms with Gasteiger partial charge in [-0.15, -0.1) is 0 Å². The van der Waals surface area contributed by atoms with Crippen molar-refractivity contribution >= 4 is 22.4 Å². The van der Waals surface area contributed by atoms with Crippen LogP contribution in [0.1, 0.15) is 28.2 Å². The number of nitrogens with two attached hydrogens (primary N) is 1. The highest BCUT2D eigenvalue weighted by Crippen LogP contribution is 2.27. The van der Waals surface area contributed by atoms with E-state index in [0.29, 0.717) is 28.2 Å². The number of amides is 1. The summed E-state index contributed by atoms with van der Waals surface area (Å²) >= 11 is 1.26. The van der Waals surface area contributed by atoms with Crippen LogP contribution in [0.3, 0.4) is 0 Å². The normalized spacial score (nSPS) is 26.0. The Morgan fingerprint density at radius 1 is 1.27 bits per heavy atom. The summed E-state index contributed by atoms with van der Waals surface area (Å²) in [4.78, 5) is 24.6. The molecule has 3 rings (SSSR count). The molecular weight excluding hydrogens is 350 g/mol. The van der Waals surface area contributed by atoms with Gasteiger partial charge >= 0.3 is 0 Å². The van der Waals surface area contributed by atoms with Crippen molar-refractivity contribution in [2.24, 2.45) is 11.8 Å². The number of hydrogen-bond donors (Lipinski definition) is 2. The standard InChI is InChI=1S/C18H31N5O2S/c1-13-16(26-18(19)20-13)17(25)23-10-14(8-15(11-23)12-24)9-22-5-3-4-21(2)6-7-22/h14-15,24H,3-12H2,1-2H3,(H2,19,20)/t14-,15+/m0/s1. The number of likely N-dealkylation sites (tertiary alicyclic amines) is 1. The number of nitrogen functional groups attached to an aromatic ring is 1. The number of aromatic nitrogens is 1. The lowest BCUT2D eigenvalue weighted by Gasteiger charge is -2.39. The van der Waals surface area contributed by atoms with Gasteiger partial charge in [0.15, 0.2) is 5.13 Å². The van der Waals surface area contributed by atoms with Gasteiger partial charge in [-0.2, -0.15) is 0 Å². The summed E-state index contributed by atoms with van der Waals surface area (Å²) in [6.45, 7) is 8.77. The van der Waals surface area contributed by atoms with Crippen LogP contribution in [0.4, 0.5) is 5.13 Å². The maximum absolute atomic E-state index is 13.0. The average Bonchev–Trinajstić information content (AvgIpc) is 2.82. The van der Waals surface area contributed by atoms with Crippen LogP contribution in [0.5, 0.6) is 0 Å². The number of nitrogens with zero attached hydrogens (tertiary/aromatic N) is 4. The zero-order chi connectivity index (χ0) is 18.7. The highest BCUT2D eigenvalue weighted by molar-refractivity contribution is 7.17. The summed E-state index contributed by atoms with van der Waals surface area (Å²) < 4.78 is 0. The molecule has 8 heteroatoms. The Labute approximate surface area is 159 Å². The number of likely N-dealkylation sites (N-methyl/N-ethyl adjacent to an activating group) is 1. The molecule has 0 spiro atoms. The van der Waals surface area contributed by atoms with Crippen molar-refractivity contribution in [1.29, 1.82) is 0 Å². The fourth-order valence-electron chi connectivity index (χ4n) is 4.16. The Hall–Kier alpha value is -1.22. The van der Waals surface area contributed by atoms with Crippen LogP contribution in [-0.2, 0) is 0 Å². The molecule has 146 valence electrons. The van der Waals surface area contributed by atoms with Crippen LogP contribution < -0.4 is 5.73 Å². The summed E-state index contributed by atoms with van der Waals surface area (Å²) in [5, 5.41) is 10.2. The number of hydrogen-bond acceptors (Lipinski definition) is 7. The van der Waals surface area contributed by atoms with Crippen LogP contribution in [0, 0.1) is 18.8 Å². The first-order chi connectivity index (χ1) is 12.5. The molecule has 3 N–H and O–H groups in total. The zero-order valence-electron chi connectivity index (χ0n) is 15.9. The number of aliphatic hydroxyl groups is 1. The molecule has 0 aliphatic carbocycles. The van der Waals surface area contributed by atoms with Crippen molar-refractivity contribution < 1.29 is 9.90 Å². The lowest BCUT2D eigenvalue weighted by atomic mass is 9.89. The Balaban J connectivity index is 1.66. The van der Waals surface area contributed by atoms with E-state index in [1.54, 1.807) is 0 Å². The molecule has 0 radical (unpaired) electrons. The predicted octanol–water partition coefficient (Wildman–Crippen LogP) is 0.742. The fourth-order valence-corrected chi connectivity index (χ4v) is 4.96. The summed E-state index contributed by atoms with van der Waals surface area (Å²) in [7, 11) is 2.18. The minimum absolute atomic E-state index is 0.00968. The monoisotopic (exact) mass is 381 g/mol. The Bertz CT molecular complexity index is 623. The van der Waals surface area contributed by atoms with Gasteiger partial charge in [0.05, 0.1) is 5.69 Å². The third-order valence-corrected chi connectivity index (χ3v) is 6.48. The number of carbonyl (C=O) groups excluding carboxylic acids is 1. The second-order valence-electron chi connectivity index (χ2n) is 7.78. The smallest absolute Gasteiger partial charge is 0.265 e. The summed E-state index contributed by atoms with van der Waals surface area (Å²) in [6, 6.07) is 0. The van der Waals surface area contributed by atoms with Crippen molar-refractivity contribution in [3.8, 4) is 0 Å². The first-order valence-corrected chi connectivity index (χ1v) is 10.3. The molecule has 2 atom stereocenters. The second-order valence-corrected chi connectivity index (χ2v) is 8.82. The Morgan fingerprint density at radius 3 is 2.73 bits per heavy atom. The highest BCUT2D eigenvalue weighted by atomic mass is 32.1. The van der Waals surface area contributed by atoms with Crippen LogP contribution in [-0.4, -0.2) is 90.2 Å². The number of carbonyl (C=O) groups is 1. The number of aliphatic hydroxyl groups excluding tert-OH is 1. The quantitative estimate of drug-likeness (QED) is 0.800. The van der Waals surface area contributed by atoms with Crippen LogP contribution >= 0.6 is 11.3 Å². The molecule has 1 aromatic heterocycles. The molecule has 26 heavy (non-hydrogen) atoms. The van der Waals surface area contributed by atoms with E-state index in [1.807, 2.05) is 11.8 Å². The van der Waals surface area contributed by atoms with E-state index in [-0.39, 0.29) is 18.4 Å². The SMILES string of the molecule is Cc1nc(N)sc1C(=O)N1C[C@H](CO)C[C@@H](CN2CCCN(C)CC2)C1. The molecule has 2 saturated heterocycles. The van der Waals surface area contributed by atoms with Gasteiger partial charge in [-0.05, 0) is 51.7 Å². The summed E-state index contributed by atoms with van der Waals surface area (Å²) in [6.07, 6.45) is 2.17. The van der Waals surface area contributed by atoms with E-state index in [0.717, 1.165) is 45.7 Å². The molecule has 2 aliphatic heterocycles. The van der Waals surface area contributed by atoms with E-state index in [9.17, 15) is 9.90 Å². The first-order valence-electron chi connectivity index (χ1n) is 9.50. The highest BCUT2D eigenvalue weighted by Gasteiger charge is 2.32. The van der Waals surface area contributed by atoms with Gasteiger partial charge in [-0.3, -0.25) is 4.79 Å². The van der Waals surface area contributed by atoms with Gasteiger partial charge in [0.25, 0.3) is 5.91 Å². The van der Waals surface area contributed by atoms with Crippen LogP contribution in [0.15, 0.2) is 0 Å². The lowest BCUT2D eigenvalue weighted by molar-refractivity contribution is 0.0457. The topological polar surface area (TPSA) is 85.9 Å². The molecule has 3 heterocycles. The number of rotatable bonds is 4. The Morgan fingerprint density at radius 2 is 2.04 bits per heavy atom. The van der Waals surface area contributed by atoms with Gasteiger partial charge in [0, 0.05) is 39.3 Å².